The van der Waals surface area contributed by atoms with Gasteiger partial charge in [-0.25, -0.2) is 14.8 Å². The number of aryl methyl sites for hydroxylation is 1. The highest BCUT2D eigenvalue weighted by molar-refractivity contribution is 7.09. The van der Waals surface area contributed by atoms with Gasteiger partial charge in [-0.2, -0.15) is 0 Å². The molecule has 0 aliphatic carbocycles. The Kier molecular flexibility index (Phi) is 5.27. The molecule has 2 aromatic heterocycles. The molecule has 2 heterocycles. The van der Waals surface area contributed by atoms with Crippen molar-refractivity contribution in [3.8, 4) is 0 Å². The van der Waals surface area contributed by atoms with Crippen LogP contribution < -0.4 is 5.32 Å². The molecule has 0 saturated carbocycles. The van der Waals surface area contributed by atoms with Gasteiger partial charge in [0.1, 0.15) is 0 Å². The number of nitrogens with one attached hydrogen (secondary N) is 1. The summed E-state index contributed by atoms with van der Waals surface area (Å²) in [5.41, 5.74) is 1.03. The molecule has 1 atom stereocenters. The average Bonchev–Trinajstić information content (AvgIpc) is 2.91. The van der Waals surface area contributed by atoms with E-state index >= 15 is 0 Å². The second-order valence-electron chi connectivity index (χ2n) is 4.74. The Morgan fingerprint density at radius 1 is 1.52 bits per heavy atom. The van der Waals surface area contributed by atoms with Gasteiger partial charge in [0.15, 0.2) is 0 Å². The number of rotatable bonds is 6. The first-order valence-corrected chi connectivity index (χ1v) is 7.77. The fourth-order valence-corrected chi connectivity index (χ4v) is 2.78. The van der Waals surface area contributed by atoms with Gasteiger partial charge in [-0.1, -0.05) is 6.07 Å². The quantitative estimate of drug-likeness (QED) is 0.831. The Balaban J connectivity index is 2.01. The van der Waals surface area contributed by atoms with Crippen molar-refractivity contribution in [3.63, 3.8) is 0 Å². The van der Waals surface area contributed by atoms with E-state index in [1.807, 2.05) is 6.07 Å². The minimum Gasteiger partial charge on any atom is -0.462 e. The van der Waals surface area contributed by atoms with Crippen molar-refractivity contribution in [2.75, 3.05) is 11.9 Å². The van der Waals surface area contributed by atoms with E-state index in [0.29, 0.717) is 23.8 Å². The van der Waals surface area contributed by atoms with Crippen LogP contribution in [-0.4, -0.2) is 28.6 Å². The monoisotopic (exact) mass is 305 g/mol. The molecule has 0 spiro atoms. The number of anilines is 1. The average molecular weight is 305 g/mol. The molecule has 112 valence electrons. The van der Waals surface area contributed by atoms with Gasteiger partial charge in [0.05, 0.1) is 17.9 Å². The largest absolute Gasteiger partial charge is 0.462 e. The molecule has 0 aliphatic heterocycles. The van der Waals surface area contributed by atoms with Crippen molar-refractivity contribution in [2.24, 2.45) is 0 Å². The lowest BCUT2D eigenvalue weighted by Gasteiger charge is -2.13. The molecule has 0 saturated heterocycles. The van der Waals surface area contributed by atoms with Gasteiger partial charge in [0, 0.05) is 23.5 Å². The maximum Gasteiger partial charge on any atom is 0.341 e. The third-order valence-electron chi connectivity index (χ3n) is 2.94. The molecule has 1 unspecified atom stereocenters. The smallest absolute Gasteiger partial charge is 0.341 e. The first kappa shape index (κ1) is 15.4. The van der Waals surface area contributed by atoms with Crippen molar-refractivity contribution in [2.45, 2.75) is 33.2 Å². The van der Waals surface area contributed by atoms with Crippen molar-refractivity contribution >= 4 is 23.3 Å². The van der Waals surface area contributed by atoms with Crippen LogP contribution in [0.3, 0.4) is 0 Å². The maximum atomic E-state index is 11.7. The van der Waals surface area contributed by atoms with Gasteiger partial charge in [-0.15, -0.1) is 11.3 Å². The molecule has 0 radical (unpaired) electrons. The maximum absolute atomic E-state index is 11.7. The molecule has 6 heteroatoms. The number of esters is 1. The first-order valence-electron chi connectivity index (χ1n) is 6.89. The van der Waals surface area contributed by atoms with Crippen LogP contribution in [0.4, 0.5) is 5.95 Å². The summed E-state index contributed by atoms with van der Waals surface area (Å²) in [4.78, 5) is 21.5. The summed E-state index contributed by atoms with van der Waals surface area (Å²) in [6.45, 7) is 5.98. The molecular weight excluding hydrogens is 286 g/mol. The van der Waals surface area contributed by atoms with E-state index in [1.54, 1.807) is 25.2 Å². The molecule has 2 aromatic rings. The van der Waals surface area contributed by atoms with Gasteiger partial charge in [0.2, 0.25) is 5.95 Å². The highest BCUT2D eigenvalue weighted by Gasteiger charge is 2.13. The Morgan fingerprint density at radius 2 is 2.33 bits per heavy atom. The lowest BCUT2D eigenvalue weighted by atomic mass is 10.2. The zero-order valence-corrected chi connectivity index (χ0v) is 13.2. The number of nitrogens with zero attached hydrogens (tertiary/aromatic N) is 2. The van der Waals surface area contributed by atoms with Gasteiger partial charge in [-0.05, 0) is 32.2 Å². The number of carbonyl (C=O) groups excluding carboxylic acids is 1. The van der Waals surface area contributed by atoms with Crippen LogP contribution in [0.5, 0.6) is 0 Å². The van der Waals surface area contributed by atoms with E-state index in [2.05, 4.69) is 33.7 Å². The van der Waals surface area contributed by atoms with Crippen LogP contribution in [0.25, 0.3) is 0 Å². The third-order valence-corrected chi connectivity index (χ3v) is 3.84. The molecule has 0 fully saturated rings. The van der Waals surface area contributed by atoms with Crippen molar-refractivity contribution in [1.82, 2.24) is 9.97 Å². The lowest BCUT2D eigenvalue weighted by molar-refractivity contribution is 0.0524. The Hall–Kier alpha value is -1.95. The number of hydrogen-bond acceptors (Lipinski definition) is 6. The van der Waals surface area contributed by atoms with Gasteiger partial charge in [-0.3, -0.25) is 0 Å². The topological polar surface area (TPSA) is 64.1 Å². The molecule has 0 amide bonds. The number of ether oxygens (including phenoxy) is 1. The molecular formula is C15H19N3O2S. The molecule has 0 aliphatic rings. The molecule has 1 N–H and O–H groups in total. The SMILES string of the molecule is CCOC(=O)c1cnc(NC(C)Cc2cccs2)nc1C. The van der Waals surface area contributed by atoms with Crippen LogP contribution >= 0.6 is 11.3 Å². The Bertz CT molecular complexity index is 599. The minimum atomic E-state index is -0.381. The van der Waals surface area contributed by atoms with Crippen LogP contribution in [0, 0.1) is 6.92 Å². The zero-order chi connectivity index (χ0) is 15.2. The van der Waals surface area contributed by atoms with Crippen molar-refractivity contribution < 1.29 is 9.53 Å². The highest BCUT2D eigenvalue weighted by atomic mass is 32.1. The molecule has 21 heavy (non-hydrogen) atoms. The first-order chi connectivity index (χ1) is 10.1. The fourth-order valence-electron chi connectivity index (χ4n) is 1.95. The molecule has 2 rings (SSSR count). The van der Waals surface area contributed by atoms with Gasteiger partial charge in [0.25, 0.3) is 0 Å². The van der Waals surface area contributed by atoms with E-state index < -0.39 is 0 Å². The molecule has 0 bridgehead atoms. The number of carbonyl (C=O) groups is 1. The van der Waals surface area contributed by atoms with Gasteiger partial charge >= 0.3 is 5.97 Å². The standard InChI is InChI=1S/C15H19N3O2S/c1-4-20-14(19)13-9-16-15(18-11(13)3)17-10(2)8-12-6-5-7-21-12/h5-7,9-10H,4,8H2,1-3H3,(H,16,17,18). The highest BCUT2D eigenvalue weighted by Crippen LogP contribution is 2.14. The lowest BCUT2D eigenvalue weighted by Crippen LogP contribution is -2.20. The Morgan fingerprint density at radius 3 is 2.95 bits per heavy atom. The van der Waals surface area contributed by atoms with E-state index in [9.17, 15) is 4.79 Å². The van der Waals surface area contributed by atoms with E-state index in [-0.39, 0.29) is 12.0 Å². The van der Waals surface area contributed by atoms with Crippen molar-refractivity contribution in [3.05, 3.63) is 39.8 Å². The number of thiophene rings is 1. The van der Waals surface area contributed by atoms with E-state index in [1.165, 1.54) is 11.1 Å². The summed E-state index contributed by atoms with van der Waals surface area (Å²) in [5, 5.41) is 5.32. The minimum absolute atomic E-state index is 0.219. The van der Waals surface area contributed by atoms with Crippen LogP contribution in [0.15, 0.2) is 23.7 Å². The summed E-state index contributed by atoms with van der Waals surface area (Å²) in [7, 11) is 0. The summed E-state index contributed by atoms with van der Waals surface area (Å²) >= 11 is 1.73. The zero-order valence-electron chi connectivity index (χ0n) is 12.4. The molecule has 0 aromatic carbocycles. The number of hydrogen-bond donors (Lipinski definition) is 1. The van der Waals surface area contributed by atoms with E-state index in [0.717, 1.165) is 6.42 Å². The van der Waals surface area contributed by atoms with E-state index in [4.69, 9.17) is 4.74 Å². The van der Waals surface area contributed by atoms with Crippen molar-refractivity contribution in [1.29, 1.82) is 0 Å². The second-order valence-corrected chi connectivity index (χ2v) is 5.77. The fraction of sp³-hybridized carbons (Fsp3) is 0.400. The summed E-state index contributed by atoms with van der Waals surface area (Å²) in [5.74, 6) is 0.151. The summed E-state index contributed by atoms with van der Waals surface area (Å²) in [6, 6.07) is 4.37. The van der Waals surface area contributed by atoms with Crippen LogP contribution in [-0.2, 0) is 11.2 Å². The summed E-state index contributed by atoms with van der Waals surface area (Å²) in [6.07, 6.45) is 2.43. The predicted molar refractivity (Wildman–Crippen MR) is 83.8 cm³/mol. The molecule has 5 nitrogen and oxygen atoms in total. The second kappa shape index (κ2) is 7.17. The third kappa shape index (κ3) is 4.26. The predicted octanol–water partition coefficient (Wildman–Crippen LogP) is 3.07. The Labute approximate surface area is 128 Å². The normalized spacial score (nSPS) is 12.0. The van der Waals surface area contributed by atoms with Gasteiger partial charge < -0.3 is 10.1 Å². The van der Waals surface area contributed by atoms with Crippen LogP contribution in [0.2, 0.25) is 0 Å². The number of aromatic nitrogens is 2. The summed E-state index contributed by atoms with van der Waals surface area (Å²) < 4.78 is 4.96. The van der Waals surface area contributed by atoms with Crippen LogP contribution in [0.1, 0.15) is 34.8 Å².